The fourth-order valence-corrected chi connectivity index (χ4v) is 4.64. The Morgan fingerprint density at radius 2 is 2.06 bits per heavy atom. The Kier molecular flexibility index (Phi) is 5.69. The van der Waals surface area contributed by atoms with Crippen LogP contribution in [0.3, 0.4) is 0 Å². The summed E-state index contributed by atoms with van der Waals surface area (Å²) in [6.45, 7) is 3.45. The Morgan fingerprint density at radius 3 is 2.86 bits per heavy atom. The van der Waals surface area contributed by atoms with Gasteiger partial charge in [0.2, 0.25) is 0 Å². The van der Waals surface area contributed by atoms with Crippen LogP contribution in [0.5, 0.6) is 5.75 Å². The maximum absolute atomic E-state index is 15.4. The van der Waals surface area contributed by atoms with Crippen LogP contribution >= 0.6 is 0 Å². The first kappa shape index (κ1) is 22.4. The molecular weight excluding hydrogens is 459 g/mol. The molecule has 2 aromatic carbocycles. The molecular formula is C27H25FN6O2. The highest BCUT2D eigenvalue weighted by Crippen LogP contribution is 2.38. The van der Waals surface area contributed by atoms with E-state index in [1.165, 1.54) is 6.33 Å². The second-order valence-corrected chi connectivity index (χ2v) is 9.06. The van der Waals surface area contributed by atoms with Gasteiger partial charge in [-0.15, -0.1) is 0 Å². The number of fused-ring (bicyclic) bond motifs is 2. The molecule has 3 aromatic heterocycles. The lowest BCUT2D eigenvalue weighted by Crippen LogP contribution is -2.24. The number of hydrogen-bond acceptors (Lipinski definition) is 7. The topological polar surface area (TPSA) is 87.0 Å². The van der Waals surface area contributed by atoms with Crippen molar-refractivity contribution < 1.29 is 13.9 Å². The van der Waals surface area contributed by atoms with Crippen LogP contribution in [-0.4, -0.2) is 44.1 Å². The molecule has 5 aromatic rings. The molecule has 0 saturated carbocycles. The van der Waals surface area contributed by atoms with Crippen LogP contribution in [0, 0.1) is 11.7 Å². The van der Waals surface area contributed by atoms with Gasteiger partial charge in [-0.1, -0.05) is 0 Å². The van der Waals surface area contributed by atoms with E-state index in [9.17, 15) is 0 Å². The van der Waals surface area contributed by atoms with Crippen molar-refractivity contribution in [3.8, 4) is 16.9 Å². The Bertz CT molecular complexity index is 1560. The quantitative estimate of drug-likeness (QED) is 0.352. The molecule has 8 nitrogen and oxygen atoms in total. The third kappa shape index (κ3) is 4.11. The number of halogens is 1. The van der Waals surface area contributed by atoms with Crippen LogP contribution < -0.4 is 10.1 Å². The third-order valence-corrected chi connectivity index (χ3v) is 6.65. The fourth-order valence-electron chi connectivity index (χ4n) is 4.64. The highest BCUT2D eigenvalue weighted by molar-refractivity contribution is 5.99. The number of ether oxygens (including phenoxy) is 2. The summed E-state index contributed by atoms with van der Waals surface area (Å²) in [5, 5.41) is 8.60. The number of aryl methyl sites for hydroxylation is 1. The molecule has 4 heterocycles. The first-order valence-electron chi connectivity index (χ1n) is 11.9. The van der Waals surface area contributed by atoms with Crippen molar-refractivity contribution in [2.45, 2.75) is 19.4 Å². The van der Waals surface area contributed by atoms with Crippen LogP contribution in [0.2, 0.25) is 0 Å². The van der Waals surface area contributed by atoms with Crippen molar-refractivity contribution in [3.05, 3.63) is 67.1 Å². The molecule has 9 heteroatoms. The summed E-state index contributed by atoms with van der Waals surface area (Å²) < 4.78 is 29.2. The van der Waals surface area contributed by atoms with Gasteiger partial charge in [-0.05, 0) is 55.3 Å². The van der Waals surface area contributed by atoms with Gasteiger partial charge in [-0.2, -0.15) is 5.10 Å². The number of rotatable bonds is 6. The van der Waals surface area contributed by atoms with E-state index >= 15 is 4.39 Å². The Balaban J connectivity index is 1.47. The smallest absolute Gasteiger partial charge is 0.156 e. The van der Waals surface area contributed by atoms with E-state index in [0.717, 1.165) is 24.2 Å². The van der Waals surface area contributed by atoms with Gasteiger partial charge in [0.05, 0.1) is 34.9 Å². The molecule has 1 fully saturated rings. The SMILES string of the molecule is C[C@@H](Oc1cc(-c2cnn(C)c2)cc2ncnc(Nc3ccc4ncccc4c3F)c12)C1CCOC1. The van der Waals surface area contributed by atoms with Crippen molar-refractivity contribution in [1.82, 2.24) is 24.7 Å². The molecule has 1 unspecified atom stereocenters. The van der Waals surface area contributed by atoms with E-state index in [-0.39, 0.29) is 12.0 Å². The second kappa shape index (κ2) is 9.16. The summed E-state index contributed by atoms with van der Waals surface area (Å²) in [6, 6.07) is 10.8. The Hall–Kier alpha value is -4.11. The van der Waals surface area contributed by atoms with Gasteiger partial charge in [0.15, 0.2) is 5.82 Å². The lowest BCUT2D eigenvalue weighted by molar-refractivity contribution is 0.124. The number of nitrogens with one attached hydrogen (secondary N) is 1. The zero-order valence-electron chi connectivity index (χ0n) is 20.0. The zero-order chi connectivity index (χ0) is 24.6. The molecule has 6 rings (SSSR count). The summed E-state index contributed by atoms with van der Waals surface area (Å²) in [4.78, 5) is 13.2. The first-order chi connectivity index (χ1) is 17.6. The monoisotopic (exact) mass is 484 g/mol. The van der Waals surface area contributed by atoms with Crippen molar-refractivity contribution in [3.63, 3.8) is 0 Å². The third-order valence-electron chi connectivity index (χ3n) is 6.65. The minimum atomic E-state index is -0.390. The first-order valence-corrected chi connectivity index (χ1v) is 11.9. The Labute approximate surface area is 207 Å². The number of aromatic nitrogens is 5. The van der Waals surface area contributed by atoms with Crippen LogP contribution in [0.15, 0.2) is 61.3 Å². The molecule has 0 spiro atoms. The van der Waals surface area contributed by atoms with E-state index in [1.807, 2.05) is 25.4 Å². The van der Waals surface area contributed by atoms with E-state index in [1.54, 1.807) is 41.3 Å². The zero-order valence-corrected chi connectivity index (χ0v) is 20.0. The summed E-state index contributed by atoms with van der Waals surface area (Å²) in [7, 11) is 1.88. The van der Waals surface area contributed by atoms with Gasteiger partial charge < -0.3 is 14.8 Å². The highest BCUT2D eigenvalue weighted by Gasteiger charge is 2.25. The van der Waals surface area contributed by atoms with Crippen LogP contribution in [-0.2, 0) is 11.8 Å². The van der Waals surface area contributed by atoms with Gasteiger partial charge >= 0.3 is 0 Å². The van der Waals surface area contributed by atoms with Gasteiger partial charge in [-0.3, -0.25) is 9.67 Å². The van der Waals surface area contributed by atoms with Crippen LogP contribution in [0.25, 0.3) is 32.9 Å². The molecule has 1 N–H and O–H groups in total. The van der Waals surface area contributed by atoms with Gasteiger partial charge in [0, 0.05) is 42.9 Å². The maximum Gasteiger partial charge on any atom is 0.156 e. The van der Waals surface area contributed by atoms with Crippen LogP contribution in [0.1, 0.15) is 13.3 Å². The maximum atomic E-state index is 15.4. The summed E-state index contributed by atoms with van der Waals surface area (Å²) >= 11 is 0. The predicted molar refractivity (Wildman–Crippen MR) is 136 cm³/mol. The number of nitrogens with zero attached hydrogens (tertiary/aromatic N) is 5. The number of benzene rings is 2. The van der Waals surface area contributed by atoms with E-state index in [0.29, 0.717) is 45.7 Å². The van der Waals surface area contributed by atoms with E-state index in [2.05, 4.69) is 32.3 Å². The molecule has 1 aliphatic rings. The number of anilines is 2. The fraction of sp³-hybridized carbons (Fsp3) is 0.259. The van der Waals surface area contributed by atoms with Crippen LogP contribution in [0.4, 0.5) is 15.9 Å². The Morgan fingerprint density at radius 1 is 1.14 bits per heavy atom. The summed E-state index contributed by atoms with van der Waals surface area (Å²) in [6.07, 6.45) is 7.72. The molecule has 36 heavy (non-hydrogen) atoms. The molecule has 0 radical (unpaired) electrons. The van der Waals surface area contributed by atoms with E-state index < -0.39 is 5.82 Å². The molecule has 2 atom stereocenters. The molecule has 1 saturated heterocycles. The van der Waals surface area contributed by atoms with Crippen molar-refractivity contribution >= 4 is 33.3 Å². The predicted octanol–water partition coefficient (Wildman–Crippen LogP) is 5.27. The van der Waals surface area contributed by atoms with Crippen molar-refractivity contribution in [2.75, 3.05) is 18.5 Å². The highest BCUT2D eigenvalue weighted by atomic mass is 19.1. The molecule has 182 valence electrons. The number of hydrogen-bond donors (Lipinski definition) is 1. The summed E-state index contributed by atoms with van der Waals surface area (Å²) in [5.74, 6) is 0.980. The largest absolute Gasteiger partial charge is 0.489 e. The second-order valence-electron chi connectivity index (χ2n) is 9.06. The minimum Gasteiger partial charge on any atom is -0.489 e. The lowest BCUT2D eigenvalue weighted by atomic mass is 10.0. The molecule has 0 bridgehead atoms. The van der Waals surface area contributed by atoms with Crippen molar-refractivity contribution in [1.29, 1.82) is 0 Å². The van der Waals surface area contributed by atoms with Gasteiger partial charge in [0.1, 0.15) is 24.0 Å². The molecule has 0 aliphatic carbocycles. The molecule has 0 amide bonds. The molecule has 1 aliphatic heterocycles. The van der Waals surface area contributed by atoms with Gasteiger partial charge in [-0.25, -0.2) is 14.4 Å². The average Bonchev–Trinajstić information content (AvgIpc) is 3.58. The minimum absolute atomic E-state index is 0.0867. The van der Waals surface area contributed by atoms with Crippen molar-refractivity contribution in [2.24, 2.45) is 13.0 Å². The lowest BCUT2D eigenvalue weighted by Gasteiger charge is -2.22. The van der Waals surface area contributed by atoms with Gasteiger partial charge in [0.25, 0.3) is 0 Å². The normalized spacial score (nSPS) is 16.5. The summed E-state index contributed by atoms with van der Waals surface area (Å²) in [5.41, 5.74) is 3.44. The number of pyridine rings is 1. The van der Waals surface area contributed by atoms with E-state index in [4.69, 9.17) is 9.47 Å². The average molecular weight is 485 g/mol. The standard InChI is InChI=1S/C27H25FN6O2/c1-16(17-7-9-35-14-17)36-24-11-18(19-12-32-34(2)13-19)10-23-25(24)27(31-15-30-23)33-22-6-5-21-20(26(22)28)4-3-8-29-21/h3-6,8,10-13,15-17H,7,9,14H2,1-2H3,(H,30,31,33)/t16-,17?/m1/s1.